The third kappa shape index (κ3) is 5.80. The second-order valence-corrected chi connectivity index (χ2v) is 17.5. The lowest BCUT2D eigenvalue weighted by Gasteiger charge is -2.41. The van der Waals surface area contributed by atoms with Gasteiger partial charge in [0.05, 0.1) is 23.8 Å². The van der Waals surface area contributed by atoms with Crippen molar-refractivity contribution in [3.63, 3.8) is 0 Å². The Labute approximate surface area is 184 Å². The monoisotopic (exact) mass is 506 g/mol. The molecule has 2 atom stereocenters. The summed E-state index contributed by atoms with van der Waals surface area (Å²) in [4.78, 5) is 0. The van der Waals surface area contributed by atoms with E-state index in [1.54, 1.807) is 13.8 Å². The fourth-order valence-corrected chi connectivity index (χ4v) is 15.5. The van der Waals surface area contributed by atoms with E-state index in [2.05, 4.69) is 0 Å². The molecule has 170 valence electrons. The van der Waals surface area contributed by atoms with Crippen molar-refractivity contribution < 1.29 is 25.9 Å². The first-order chi connectivity index (χ1) is 13.0. The molecule has 0 radical (unpaired) electrons. The van der Waals surface area contributed by atoms with Gasteiger partial charge in [-0.15, -0.1) is 0 Å². The van der Waals surface area contributed by atoms with Gasteiger partial charge in [0.15, 0.2) is 19.7 Å². The predicted octanol–water partition coefficient (Wildman–Crippen LogP) is 3.56. The van der Waals surface area contributed by atoms with E-state index in [0.717, 1.165) is 23.3 Å². The molecular formula is C16H31N2O6PS4. The first kappa shape index (κ1) is 27.4. The van der Waals surface area contributed by atoms with Crippen molar-refractivity contribution in [1.29, 1.82) is 5.26 Å². The Morgan fingerprint density at radius 3 is 1.93 bits per heavy atom. The van der Waals surface area contributed by atoms with Crippen molar-refractivity contribution in [2.75, 3.05) is 19.1 Å². The molecule has 0 saturated carbocycles. The topological polar surface area (TPSA) is 114 Å². The van der Waals surface area contributed by atoms with Crippen LogP contribution in [0.15, 0.2) is 0 Å². The van der Waals surface area contributed by atoms with Gasteiger partial charge in [0.25, 0.3) is 11.9 Å². The summed E-state index contributed by atoms with van der Waals surface area (Å²) in [5.74, 6) is 0. The smallest absolute Gasteiger partial charge is 0.259 e. The molecule has 1 rings (SSSR count). The average molecular weight is 507 g/mol. The molecule has 1 aliphatic rings. The molecule has 0 amide bonds. The van der Waals surface area contributed by atoms with Crippen molar-refractivity contribution in [2.24, 2.45) is 0 Å². The van der Waals surface area contributed by atoms with Crippen LogP contribution in [0.25, 0.3) is 0 Å². The van der Waals surface area contributed by atoms with E-state index in [1.165, 1.54) is 10.8 Å². The van der Waals surface area contributed by atoms with Gasteiger partial charge in [-0.1, -0.05) is 21.6 Å². The fourth-order valence-electron chi connectivity index (χ4n) is 3.04. The normalized spacial score (nSPS) is 22.9. The molecule has 0 aliphatic carbocycles. The Bertz CT molecular complexity index is 783. The summed E-state index contributed by atoms with van der Waals surface area (Å²) >= 11 is 0. The van der Waals surface area contributed by atoms with E-state index in [0.29, 0.717) is 0 Å². The quantitative estimate of drug-likeness (QED) is 0.247. The van der Waals surface area contributed by atoms with Gasteiger partial charge in [-0.25, -0.2) is 21.5 Å². The minimum Gasteiger partial charge on any atom is -0.321 e. The molecular weight excluding hydrogens is 475 g/mol. The van der Waals surface area contributed by atoms with Gasteiger partial charge in [-0.3, -0.25) is 0 Å². The highest BCUT2D eigenvalue weighted by atomic mass is 33.1. The number of nitriles is 1. The zero-order valence-electron chi connectivity index (χ0n) is 18.1. The Balaban J connectivity index is 3.54. The van der Waals surface area contributed by atoms with Crippen LogP contribution in [0.3, 0.4) is 0 Å². The highest BCUT2D eigenvalue weighted by molar-refractivity contribution is 8.81. The third-order valence-corrected chi connectivity index (χ3v) is 17.1. The van der Waals surface area contributed by atoms with Gasteiger partial charge in [-0.05, 0) is 41.5 Å². The molecule has 1 fully saturated rings. The van der Waals surface area contributed by atoms with Crippen molar-refractivity contribution in [1.82, 2.24) is 4.67 Å². The summed E-state index contributed by atoms with van der Waals surface area (Å²) in [5, 5.41) is 8.86. The molecule has 1 aliphatic heterocycles. The van der Waals surface area contributed by atoms with Crippen LogP contribution >= 0.6 is 30.1 Å². The van der Waals surface area contributed by atoms with Crippen molar-refractivity contribution in [3.8, 4) is 6.07 Å². The lowest BCUT2D eigenvalue weighted by atomic mass is 10.1. The number of rotatable bonds is 10. The maximum atomic E-state index is 12.8. The summed E-state index contributed by atoms with van der Waals surface area (Å²) in [6.07, 6.45) is 0.845. The Morgan fingerprint density at radius 2 is 1.55 bits per heavy atom. The largest absolute Gasteiger partial charge is 0.321 e. The Hall–Kier alpha value is 0.400. The van der Waals surface area contributed by atoms with Gasteiger partial charge >= 0.3 is 0 Å². The molecule has 0 spiro atoms. The van der Waals surface area contributed by atoms with Crippen LogP contribution < -0.4 is 0 Å². The van der Waals surface area contributed by atoms with Gasteiger partial charge in [-0.2, -0.15) is 5.26 Å². The highest BCUT2D eigenvalue weighted by Crippen LogP contribution is 2.65. The van der Waals surface area contributed by atoms with Gasteiger partial charge in [0, 0.05) is 24.6 Å². The minimum atomic E-state index is -4.07. The second-order valence-electron chi connectivity index (χ2n) is 7.95. The van der Waals surface area contributed by atoms with Crippen LogP contribution in [0.1, 0.15) is 48.0 Å². The van der Waals surface area contributed by atoms with Crippen LogP contribution in [0.4, 0.5) is 0 Å². The zero-order chi connectivity index (χ0) is 22.8. The summed E-state index contributed by atoms with van der Waals surface area (Å²) in [5.41, 5.74) is 0. The maximum absolute atomic E-state index is 12.8. The molecule has 1 unspecified atom stereocenters. The van der Waals surface area contributed by atoms with Gasteiger partial charge < -0.3 is 9.05 Å². The van der Waals surface area contributed by atoms with Crippen LogP contribution in [0.5, 0.6) is 0 Å². The lowest BCUT2D eigenvalue weighted by Crippen LogP contribution is -2.55. The second kappa shape index (κ2) is 9.90. The van der Waals surface area contributed by atoms with E-state index < -0.39 is 42.5 Å². The predicted molar refractivity (Wildman–Crippen MR) is 122 cm³/mol. The molecule has 0 aromatic rings. The summed E-state index contributed by atoms with van der Waals surface area (Å²) < 4.78 is 62.3. The summed E-state index contributed by atoms with van der Waals surface area (Å²) in [7, 11) is -7.94. The number of hydrogen-bond acceptors (Lipinski definition) is 10. The average Bonchev–Trinajstić information content (AvgIpc) is 2.78. The van der Waals surface area contributed by atoms with Crippen LogP contribution in [0.2, 0.25) is 0 Å². The van der Waals surface area contributed by atoms with Crippen molar-refractivity contribution >= 4 is 49.8 Å². The van der Waals surface area contributed by atoms with E-state index in [-0.39, 0.29) is 25.1 Å². The van der Waals surface area contributed by atoms with E-state index in [1.807, 2.05) is 38.4 Å². The Morgan fingerprint density at radius 1 is 1.07 bits per heavy atom. The third-order valence-electron chi connectivity index (χ3n) is 4.22. The zero-order valence-corrected chi connectivity index (χ0v) is 22.2. The summed E-state index contributed by atoms with van der Waals surface area (Å²) in [6, 6.07) is 2.00. The van der Waals surface area contributed by atoms with Crippen LogP contribution in [-0.2, 0) is 28.7 Å². The minimum absolute atomic E-state index is 0.00103. The van der Waals surface area contributed by atoms with Crippen molar-refractivity contribution in [2.45, 2.75) is 74.3 Å². The molecule has 0 N–H and O–H groups in total. The van der Waals surface area contributed by atoms with Gasteiger partial charge in [0.1, 0.15) is 6.10 Å². The first-order valence-electron chi connectivity index (χ1n) is 9.04. The molecule has 0 aromatic carbocycles. The SMILES string of the molecule is CC(C)N(C(C)C)P(OCCC#N)O[C@H]1C(C)(C)SSC1(S(C)(=O)=O)S(C)(=O)=O. The first-order valence-corrected chi connectivity index (χ1v) is 16.1. The molecule has 13 heteroatoms. The Kier molecular flexibility index (Phi) is 9.37. The molecule has 1 saturated heterocycles. The van der Waals surface area contributed by atoms with E-state index >= 15 is 0 Å². The van der Waals surface area contributed by atoms with Crippen molar-refractivity contribution in [3.05, 3.63) is 0 Å². The maximum Gasteiger partial charge on any atom is 0.259 e. The van der Waals surface area contributed by atoms with Crippen LogP contribution in [0, 0.1) is 11.3 Å². The molecule has 0 aromatic heterocycles. The number of sulfone groups is 2. The number of nitrogens with zero attached hydrogens (tertiary/aromatic N) is 2. The highest BCUT2D eigenvalue weighted by Gasteiger charge is 2.68. The summed E-state index contributed by atoms with van der Waals surface area (Å²) in [6.45, 7) is 11.5. The standard InChI is InChI=1S/C16H31N2O6PS4/c1-12(2)18(13(3)4)25(23-11-9-10-17)24-14-15(5,6)26-27-16(14,28(7,19)20)29(8,21)22/h12-14H,9,11H2,1-8H3/t14-,25?/m0/s1. The molecule has 1 heterocycles. The van der Waals surface area contributed by atoms with E-state index in [9.17, 15) is 16.8 Å². The van der Waals surface area contributed by atoms with Gasteiger partial charge in [0.2, 0.25) is 0 Å². The lowest BCUT2D eigenvalue weighted by molar-refractivity contribution is 0.119. The fraction of sp³-hybridized carbons (Fsp3) is 0.938. The number of hydrogen-bond donors (Lipinski definition) is 0. The molecule has 0 bridgehead atoms. The molecule has 8 nitrogen and oxygen atoms in total. The molecule has 29 heavy (non-hydrogen) atoms. The van der Waals surface area contributed by atoms with Crippen LogP contribution in [-0.4, -0.2) is 67.0 Å². The van der Waals surface area contributed by atoms with E-state index in [4.69, 9.17) is 14.3 Å².